The molecule has 3 aliphatic rings. The number of fused-ring (bicyclic) bond motifs is 3. The molecule has 3 heterocycles. The zero-order chi connectivity index (χ0) is 18.6. The third-order valence-corrected chi connectivity index (χ3v) is 6.34. The molecule has 2 unspecified atom stereocenters. The molecular weight excluding hydrogens is 350 g/mol. The second kappa shape index (κ2) is 6.31. The van der Waals surface area contributed by atoms with E-state index in [0.717, 1.165) is 25.1 Å². The van der Waals surface area contributed by atoms with E-state index in [4.69, 9.17) is 16.3 Å². The van der Waals surface area contributed by atoms with E-state index >= 15 is 0 Å². The Labute approximate surface area is 160 Å². The van der Waals surface area contributed by atoms with Crippen LogP contribution in [0.15, 0.2) is 12.1 Å². The summed E-state index contributed by atoms with van der Waals surface area (Å²) in [4.78, 5) is 17.7. The van der Waals surface area contributed by atoms with Crippen LogP contribution in [0.2, 0.25) is 5.02 Å². The number of benzene rings is 1. The molecule has 2 fully saturated rings. The SMILES string of the molecule is CN1CC(C)(C)Oc2c(C(=O)NC3CC4CCC(C3)N4C)cc(Cl)cc21. The number of rotatable bonds is 2. The van der Waals surface area contributed by atoms with Crippen molar-refractivity contribution in [3.8, 4) is 5.75 Å². The van der Waals surface area contributed by atoms with Crippen LogP contribution in [0.25, 0.3) is 0 Å². The molecule has 0 aliphatic carbocycles. The summed E-state index contributed by atoms with van der Waals surface area (Å²) in [6.07, 6.45) is 4.52. The number of amides is 1. The standard InChI is InChI=1S/C20H28ClN3O2/c1-20(2)11-23(3)17-8-12(21)7-16(18(17)26-20)19(25)22-13-9-14-5-6-15(10-13)24(14)4/h7-8,13-15H,5-6,9-11H2,1-4H3,(H,22,25). The molecular formula is C20H28ClN3O2. The highest BCUT2D eigenvalue weighted by Crippen LogP contribution is 2.41. The summed E-state index contributed by atoms with van der Waals surface area (Å²) in [7, 11) is 4.22. The van der Waals surface area contributed by atoms with Gasteiger partial charge in [-0.2, -0.15) is 0 Å². The van der Waals surface area contributed by atoms with Crippen LogP contribution in [0, 0.1) is 0 Å². The minimum atomic E-state index is -0.350. The van der Waals surface area contributed by atoms with Crippen molar-refractivity contribution in [2.75, 3.05) is 25.5 Å². The van der Waals surface area contributed by atoms with Crippen molar-refractivity contribution < 1.29 is 9.53 Å². The van der Waals surface area contributed by atoms with Gasteiger partial charge >= 0.3 is 0 Å². The topological polar surface area (TPSA) is 44.8 Å². The fraction of sp³-hybridized carbons (Fsp3) is 0.650. The van der Waals surface area contributed by atoms with Gasteiger partial charge in [-0.1, -0.05) is 11.6 Å². The lowest BCUT2D eigenvalue weighted by atomic mass is 9.97. The summed E-state index contributed by atoms with van der Waals surface area (Å²) in [6.45, 7) is 4.83. The van der Waals surface area contributed by atoms with Crippen LogP contribution in [0.4, 0.5) is 5.69 Å². The largest absolute Gasteiger partial charge is 0.483 e. The van der Waals surface area contributed by atoms with E-state index < -0.39 is 0 Å². The van der Waals surface area contributed by atoms with Crippen LogP contribution in [0.1, 0.15) is 49.9 Å². The Morgan fingerprint density at radius 1 is 1.23 bits per heavy atom. The first kappa shape index (κ1) is 17.9. The number of nitrogens with one attached hydrogen (secondary N) is 1. The smallest absolute Gasteiger partial charge is 0.255 e. The van der Waals surface area contributed by atoms with Crippen molar-refractivity contribution in [2.24, 2.45) is 0 Å². The Hall–Kier alpha value is -1.46. The van der Waals surface area contributed by atoms with Gasteiger partial charge in [-0.25, -0.2) is 0 Å². The molecule has 4 rings (SSSR count). The van der Waals surface area contributed by atoms with Gasteiger partial charge in [0.05, 0.1) is 17.8 Å². The molecule has 1 amide bonds. The summed E-state index contributed by atoms with van der Waals surface area (Å²) in [5.41, 5.74) is 1.07. The maximum absolute atomic E-state index is 13.1. The molecule has 142 valence electrons. The van der Waals surface area contributed by atoms with Crippen molar-refractivity contribution in [1.29, 1.82) is 0 Å². The van der Waals surface area contributed by atoms with Crippen LogP contribution in [0.5, 0.6) is 5.75 Å². The van der Waals surface area contributed by atoms with Crippen LogP contribution in [-0.2, 0) is 0 Å². The van der Waals surface area contributed by atoms with Crippen LogP contribution in [0.3, 0.4) is 0 Å². The second-order valence-electron chi connectivity index (χ2n) is 8.71. The molecule has 0 radical (unpaired) electrons. The number of likely N-dealkylation sites (N-methyl/N-ethyl adjacent to an activating group) is 1. The summed E-state index contributed by atoms with van der Waals surface area (Å²) in [5.74, 6) is 0.561. The number of piperidine rings is 1. The number of halogens is 1. The van der Waals surface area contributed by atoms with Crippen LogP contribution < -0.4 is 15.0 Å². The predicted molar refractivity (Wildman–Crippen MR) is 104 cm³/mol. The fourth-order valence-corrected chi connectivity index (χ4v) is 5.11. The van der Waals surface area contributed by atoms with E-state index in [2.05, 4.69) is 22.2 Å². The van der Waals surface area contributed by atoms with E-state index in [1.54, 1.807) is 6.07 Å². The van der Waals surface area contributed by atoms with Gasteiger partial charge in [-0.3, -0.25) is 4.79 Å². The Balaban J connectivity index is 1.59. The lowest BCUT2D eigenvalue weighted by Gasteiger charge is -2.40. The highest BCUT2D eigenvalue weighted by atomic mass is 35.5. The van der Waals surface area contributed by atoms with E-state index in [1.807, 2.05) is 27.0 Å². The van der Waals surface area contributed by atoms with Gasteiger partial charge in [0.15, 0.2) is 5.75 Å². The fourth-order valence-electron chi connectivity index (χ4n) is 4.90. The third kappa shape index (κ3) is 3.16. The molecule has 0 spiro atoms. The Kier molecular flexibility index (Phi) is 4.35. The Bertz CT molecular complexity index is 722. The molecule has 0 saturated carbocycles. The van der Waals surface area contributed by atoms with Crippen molar-refractivity contribution in [3.63, 3.8) is 0 Å². The minimum absolute atomic E-state index is 0.0798. The summed E-state index contributed by atoms with van der Waals surface area (Å²) in [6, 6.07) is 5.01. The van der Waals surface area contributed by atoms with Crippen molar-refractivity contribution in [3.05, 3.63) is 22.7 Å². The molecule has 26 heavy (non-hydrogen) atoms. The number of hydrogen-bond donors (Lipinski definition) is 1. The average molecular weight is 378 g/mol. The number of carbonyl (C=O) groups is 1. The monoisotopic (exact) mass is 377 g/mol. The van der Waals surface area contributed by atoms with Gasteiger partial charge in [-0.15, -0.1) is 0 Å². The average Bonchev–Trinajstić information content (AvgIpc) is 2.76. The van der Waals surface area contributed by atoms with Crippen LogP contribution >= 0.6 is 11.6 Å². The summed E-state index contributed by atoms with van der Waals surface area (Å²) >= 11 is 6.31. The molecule has 5 nitrogen and oxygen atoms in total. The minimum Gasteiger partial charge on any atom is -0.483 e. The number of carbonyl (C=O) groups excluding carboxylic acids is 1. The van der Waals surface area contributed by atoms with E-state index in [0.29, 0.717) is 28.4 Å². The lowest BCUT2D eigenvalue weighted by Crippen LogP contribution is -2.49. The number of nitrogens with zero attached hydrogens (tertiary/aromatic N) is 2. The zero-order valence-electron chi connectivity index (χ0n) is 16.0. The van der Waals surface area contributed by atoms with E-state index in [-0.39, 0.29) is 17.6 Å². The van der Waals surface area contributed by atoms with Gasteiger partial charge < -0.3 is 19.9 Å². The molecule has 0 aromatic heterocycles. The molecule has 2 atom stereocenters. The number of anilines is 1. The molecule has 6 heteroatoms. The van der Waals surface area contributed by atoms with Crippen molar-refractivity contribution in [2.45, 2.75) is 63.3 Å². The summed E-state index contributed by atoms with van der Waals surface area (Å²) in [5, 5.41) is 3.82. The molecule has 2 bridgehead atoms. The second-order valence-corrected chi connectivity index (χ2v) is 9.15. The maximum Gasteiger partial charge on any atom is 0.255 e. The number of hydrogen-bond acceptors (Lipinski definition) is 4. The first-order valence-electron chi connectivity index (χ1n) is 9.50. The zero-order valence-corrected chi connectivity index (χ0v) is 16.8. The Morgan fingerprint density at radius 3 is 2.54 bits per heavy atom. The normalized spacial score (nSPS) is 29.9. The lowest BCUT2D eigenvalue weighted by molar-refractivity contribution is 0.0847. The van der Waals surface area contributed by atoms with Gasteiger partial charge in [0, 0.05) is 30.2 Å². The number of ether oxygens (including phenoxy) is 1. The van der Waals surface area contributed by atoms with Gasteiger partial charge in [-0.05, 0) is 58.7 Å². The molecule has 1 aromatic rings. The van der Waals surface area contributed by atoms with Gasteiger partial charge in [0.25, 0.3) is 5.91 Å². The van der Waals surface area contributed by atoms with Crippen LogP contribution in [-0.4, -0.2) is 55.2 Å². The van der Waals surface area contributed by atoms with Gasteiger partial charge in [0.2, 0.25) is 0 Å². The van der Waals surface area contributed by atoms with Crippen molar-refractivity contribution >= 4 is 23.2 Å². The third-order valence-electron chi connectivity index (χ3n) is 6.12. The predicted octanol–water partition coefficient (Wildman–Crippen LogP) is 3.30. The highest BCUT2D eigenvalue weighted by Gasteiger charge is 2.39. The summed E-state index contributed by atoms with van der Waals surface area (Å²) < 4.78 is 6.19. The molecule has 1 N–H and O–H groups in total. The maximum atomic E-state index is 13.1. The first-order valence-corrected chi connectivity index (χ1v) is 9.88. The van der Waals surface area contributed by atoms with E-state index in [9.17, 15) is 4.79 Å². The van der Waals surface area contributed by atoms with E-state index in [1.165, 1.54) is 12.8 Å². The quantitative estimate of drug-likeness (QED) is 0.858. The molecule has 1 aromatic carbocycles. The first-order chi connectivity index (χ1) is 12.2. The van der Waals surface area contributed by atoms with Crippen molar-refractivity contribution in [1.82, 2.24) is 10.2 Å². The van der Waals surface area contributed by atoms with Gasteiger partial charge in [0.1, 0.15) is 5.60 Å². The highest BCUT2D eigenvalue weighted by molar-refractivity contribution is 6.31. The Morgan fingerprint density at radius 2 is 1.88 bits per heavy atom. The molecule has 2 saturated heterocycles. The molecule has 3 aliphatic heterocycles.